The highest BCUT2D eigenvalue weighted by atomic mass is 16.6. The molecule has 8 fully saturated rings. The molecule has 8 N–H and O–H groups in total. The molecule has 0 spiro atoms. The van der Waals surface area contributed by atoms with Gasteiger partial charge in [0.2, 0.25) is 0 Å². The van der Waals surface area contributed by atoms with Crippen molar-refractivity contribution in [2.75, 3.05) is 0 Å². The largest absolute Gasteiger partial charge is 0.356 e. The van der Waals surface area contributed by atoms with Crippen molar-refractivity contribution >= 4 is 0 Å². The Morgan fingerprint density at radius 3 is 0.609 bits per heavy atom. The topological polar surface area (TPSA) is 170 Å². The van der Waals surface area contributed by atoms with E-state index in [9.17, 15) is 0 Å². The maximum atomic E-state index is 6.62. The number of nitrogens with one attached hydrogen (secondary N) is 8. The molecule has 0 saturated carbocycles. The molecule has 8 saturated heterocycles. The quantitative estimate of drug-likeness (QED) is 0.0317. The van der Waals surface area contributed by atoms with Crippen LogP contribution in [0.3, 0.4) is 0 Å². The van der Waals surface area contributed by atoms with Gasteiger partial charge in [0, 0.05) is 48.3 Å². The first-order valence-corrected chi connectivity index (χ1v) is 54.4. The first-order valence-electron chi connectivity index (χ1n) is 54.4. The van der Waals surface area contributed by atoms with Gasteiger partial charge in [-0.25, -0.2) is 0 Å². The van der Waals surface area contributed by atoms with Crippen molar-refractivity contribution in [3.05, 3.63) is 71.8 Å². The van der Waals surface area contributed by atoms with Gasteiger partial charge in [-0.05, 0) is 209 Å². The van der Waals surface area contributed by atoms with Gasteiger partial charge in [-0.3, -0.25) is 42.5 Å². The standard InChI is InChI=1S/C19H31NO.C17H27NO.2C14H29NO.4C12H25NO/c1-5-12-19(13-6-2)17(14-15(3)4)20-18(21-19)16-10-8-7-9-11-16;1-5-13(4)15-17(6-2,7-3)19-16(18-15)14-11-9-8-10-12-14;2*1-6-9-14(10-7-2)13(11(4)8-3)15-12(5)16-14;4*1-6-9(4)11-12(7-2,8-3)14-10(5)13-11/h7-11,15,17-18,20H,5-6,12-14H2,1-4H3;8-13,15-16,18H,5-7H2,1-4H3;2*11-13,15H,6-10H2,1-5H3;4*9-11,13H,6-8H2,1-5H3/t17-,18-;13?,15-,16-;2*11?,12-,13-;2*9?,10-,11+;2*9?,10-,11-/m00001100/s1. The van der Waals surface area contributed by atoms with Crippen LogP contribution in [0.4, 0.5) is 0 Å². The molecule has 7 unspecified atom stereocenters. The second-order valence-electron chi connectivity index (χ2n) is 41.5. The van der Waals surface area contributed by atoms with E-state index in [-0.39, 0.29) is 94.6 Å². The fourth-order valence-electron chi connectivity index (χ4n) is 23.8. The minimum absolute atomic E-state index is 0.00821. The molecular weight excluding hydrogens is 1590 g/mol. The molecular formula is C112H216N8O8. The van der Waals surface area contributed by atoms with Crippen molar-refractivity contribution in [3.8, 4) is 0 Å². The van der Waals surface area contributed by atoms with Crippen LogP contribution in [0, 0.1) is 47.3 Å². The Labute approximate surface area is 793 Å². The predicted octanol–water partition coefficient (Wildman–Crippen LogP) is 28.5. The lowest BCUT2D eigenvalue weighted by Gasteiger charge is -2.36. The lowest BCUT2D eigenvalue weighted by molar-refractivity contribution is -0.0635. The van der Waals surface area contributed by atoms with E-state index >= 15 is 0 Å². The molecule has 0 bridgehead atoms. The molecule has 2 aromatic carbocycles. The normalized spacial score (nSPS) is 30.3. The zero-order chi connectivity index (χ0) is 96.6. The molecule has 0 radical (unpaired) electrons. The molecule has 0 amide bonds. The van der Waals surface area contributed by atoms with Gasteiger partial charge in [0.1, 0.15) is 49.8 Å². The molecule has 8 aliphatic heterocycles. The molecule has 10 rings (SSSR count). The Kier molecular flexibility index (Phi) is 55.5. The van der Waals surface area contributed by atoms with Crippen LogP contribution in [0.25, 0.3) is 0 Å². The van der Waals surface area contributed by atoms with Crippen LogP contribution in [0.15, 0.2) is 60.7 Å². The number of hydrogen-bond acceptors (Lipinski definition) is 16. The van der Waals surface area contributed by atoms with Gasteiger partial charge in [-0.15, -0.1) is 0 Å². The number of hydrogen-bond donors (Lipinski definition) is 8. The summed E-state index contributed by atoms with van der Waals surface area (Å²) in [5.41, 5.74) is 2.98. The highest BCUT2D eigenvalue weighted by Crippen LogP contribution is 2.47. The van der Waals surface area contributed by atoms with Crippen molar-refractivity contribution < 1.29 is 37.9 Å². The van der Waals surface area contributed by atoms with Crippen LogP contribution < -0.4 is 42.5 Å². The summed E-state index contributed by atoms with van der Waals surface area (Å²) < 4.78 is 49.9. The Morgan fingerprint density at radius 1 is 0.227 bits per heavy atom. The van der Waals surface area contributed by atoms with Crippen molar-refractivity contribution in [2.24, 2.45) is 47.3 Å². The molecule has 8 heterocycles. The van der Waals surface area contributed by atoms with E-state index in [1.54, 1.807) is 0 Å². The van der Waals surface area contributed by atoms with Gasteiger partial charge < -0.3 is 37.9 Å². The average molecular weight is 1800 g/mol. The van der Waals surface area contributed by atoms with E-state index in [0.29, 0.717) is 95.7 Å². The van der Waals surface area contributed by atoms with Crippen LogP contribution in [0.2, 0.25) is 0 Å². The first-order chi connectivity index (χ1) is 60.8. The second-order valence-corrected chi connectivity index (χ2v) is 41.5. The highest BCUT2D eigenvalue weighted by molar-refractivity contribution is 5.22. The minimum Gasteiger partial charge on any atom is -0.356 e. The van der Waals surface area contributed by atoms with Crippen molar-refractivity contribution in [3.63, 3.8) is 0 Å². The highest BCUT2D eigenvalue weighted by Gasteiger charge is 2.54. The van der Waals surface area contributed by atoms with Crippen LogP contribution in [-0.4, -0.2) is 131 Å². The first kappa shape index (κ1) is 120. The third-order valence-electron chi connectivity index (χ3n) is 32.4. The van der Waals surface area contributed by atoms with Gasteiger partial charge in [0.25, 0.3) is 0 Å². The van der Waals surface area contributed by atoms with Crippen LogP contribution in [0.1, 0.15) is 479 Å². The van der Waals surface area contributed by atoms with E-state index in [1.165, 1.54) is 127 Å². The lowest BCUT2D eigenvalue weighted by atomic mass is 9.79. The van der Waals surface area contributed by atoms with Gasteiger partial charge in [0.05, 0.1) is 44.8 Å². The Balaban J connectivity index is 0.000000379. The van der Waals surface area contributed by atoms with Crippen LogP contribution >= 0.6 is 0 Å². The molecule has 0 aromatic heterocycles. The molecule has 23 atom stereocenters. The molecule has 752 valence electrons. The third-order valence-corrected chi connectivity index (χ3v) is 32.4. The molecule has 8 aliphatic rings. The summed E-state index contributed by atoms with van der Waals surface area (Å²) >= 11 is 0. The summed E-state index contributed by atoms with van der Waals surface area (Å²) in [5.74, 6) is 5.49. The number of ether oxygens (including phenoxy) is 8. The summed E-state index contributed by atoms with van der Waals surface area (Å²) in [6, 6.07) is 25.2. The minimum atomic E-state index is -0.0179. The third kappa shape index (κ3) is 31.9. The zero-order valence-corrected chi connectivity index (χ0v) is 91.1. The van der Waals surface area contributed by atoms with Crippen LogP contribution in [-0.2, 0) is 37.9 Å². The van der Waals surface area contributed by atoms with E-state index in [4.69, 9.17) is 37.9 Å². The maximum absolute atomic E-state index is 6.62. The summed E-state index contributed by atoms with van der Waals surface area (Å²) in [6.45, 7) is 85.4. The van der Waals surface area contributed by atoms with Crippen molar-refractivity contribution in [1.82, 2.24) is 42.5 Å². The summed E-state index contributed by atoms with van der Waals surface area (Å²) in [4.78, 5) is 0. The van der Waals surface area contributed by atoms with Gasteiger partial charge in [-0.2, -0.15) is 0 Å². The average Bonchev–Trinajstić information content (AvgIpc) is 1.62. The Bertz CT molecular complexity index is 2890. The summed E-state index contributed by atoms with van der Waals surface area (Å²) in [5, 5.41) is 29.1. The fraction of sp³-hybridized carbons (Fsp3) is 0.893. The zero-order valence-electron chi connectivity index (χ0n) is 91.1. The Morgan fingerprint density at radius 2 is 0.406 bits per heavy atom. The molecule has 128 heavy (non-hydrogen) atoms. The van der Waals surface area contributed by atoms with Crippen molar-refractivity contribution in [2.45, 2.75) is 599 Å². The smallest absolute Gasteiger partial charge is 0.135 e. The van der Waals surface area contributed by atoms with E-state index in [2.05, 4.69) is 366 Å². The maximum Gasteiger partial charge on any atom is 0.135 e. The monoisotopic (exact) mass is 1800 g/mol. The lowest BCUT2D eigenvalue weighted by Crippen LogP contribution is -2.47. The van der Waals surface area contributed by atoms with Crippen molar-refractivity contribution in [1.29, 1.82) is 0 Å². The SMILES string of the molecule is CCC(C)[C@@H]1N[C@@H](C)OC1(CC)CC.CCC(C)[C@@H]1N[C@@H](C)OC1(CC)CC.CCC(C)[C@@H]1N[C@H](C)OC1(CC)CC.CCC(C)[C@@H]1N[C@H](C)OC1(CC)CC.CCC(C)[C@@H]1N[C@H](c2ccccc2)OC1(CC)CC.CCCC1(CCC)O[C@@H](C)N[C@H]1C(C)CC.CCCC1(CCC)O[C@@H](C)N[C@H]1C(C)CC.CCCC1(CCC)O[C@@H](c2ccccc2)N[C@H]1CC(C)C. The summed E-state index contributed by atoms with van der Waals surface area (Å²) in [7, 11) is 0. The molecule has 16 heteroatoms. The number of rotatable bonds is 40. The van der Waals surface area contributed by atoms with Gasteiger partial charge in [0.15, 0.2) is 0 Å². The second kappa shape index (κ2) is 59.2. The molecule has 2 aromatic rings. The fourth-order valence-corrected chi connectivity index (χ4v) is 23.8. The van der Waals surface area contributed by atoms with Crippen LogP contribution in [0.5, 0.6) is 0 Å². The van der Waals surface area contributed by atoms with E-state index < -0.39 is 0 Å². The van der Waals surface area contributed by atoms with Gasteiger partial charge >= 0.3 is 0 Å². The van der Waals surface area contributed by atoms with Gasteiger partial charge in [-0.1, -0.05) is 366 Å². The van der Waals surface area contributed by atoms with E-state index in [1.807, 2.05) is 0 Å². The number of benzene rings is 2. The van der Waals surface area contributed by atoms with E-state index in [0.717, 1.165) is 77.0 Å². The summed E-state index contributed by atoms with van der Waals surface area (Å²) in [6.07, 6.45) is 36.3. The molecule has 16 nitrogen and oxygen atoms in total. The molecule has 0 aliphatic carbocycles. The Hall–Kier alpha value is -2.20. The predicted molar refractivity (Wildman–Crippen MR) is 549 cm³/mol.